The van der Waals surface area contributed by atoms with Crippen LogP contribution in [0.1, 0.15) is 35.4 Å². The Morgan fingerprint density at radius 2 is 2.00 bits per heavy atom. The van der Waals surface area contributed by atoms with Gasteiger partial charge in [0.15, 0.2) is 0 Å². The van der Waals surface area contributed by atoms with Gasteiger partial charge in [0, 0.05) is 16.3 Å². The second-order valence-corrected chi connectivity index (χ2v) is 5.38. The molecule has 0 spiro atoms. The molecule has 102 valence electrons. The summed E-state index contributed by atoms with van der Waals surface area (Å²) in [5.41, 5.74) is 10.3. The lowest BCUT2D eigenvalue weighted by molar-refractivity contribution is 0.656. The third-order valence-corrected chi connectivity index (χ3v) is 3.93. The van der Waals surface area contributed by atoms with Gasteiger partial charge in [0.25, 0.3) is 0 Å². The van der Waals surface area contributed by atoms with E-state index < -0.39 is 0 Å². The molecule has 3 nitrogen and oxygen atoms in total. The predicted octanol–water partition coefficient (Wildman–Crippen LogP) is 3.26. The molecule has 2 aromatic rings. The number of benzene rings is 1. The molecule has 0 aliphatic heterocycles. The van der Waals surface area contributed by atoms with E-state index in [0.717, 1.165) is 16.3 Å². The number of rotatable bonds is 4. The molecule has 1 unspecified atom stereocenters. The Kier molecular flexibility index (Phi) is 4.27. The highest BCUT2D eigenvalue weighted by Gasteiger charge is 2.16. The number of hydrogen-bond donors (Lipinski definition) is 1. The summed E-state index contributed by atoms with van der Waals surface area (Å²) in [4.78, 5) is 0. The molecule has 0 saturated carbocycles. The second-order valence-electron chi connectivity index (χ2n) is 4.97. The first-order valence-electron chi connectivity index (χ1n) is 6.52. The highest BCUT2D eigenvalue weighted by atomic mass is 35.5. The van der Waals surface area contributed by atoms with Crippen LogP contribution >= 0.6 is 11.6 Å². The molecule has 1 heterocycles. The maximum absolute atomic E-state index is 6.20. The minimum absolute atomic E-state index is 0.333. The van der Waals surface area contributed by atoms with Crippen LogP contribution in [0.5, 0.6) is 0 Å². The Balaban J connectivity index is 2.35. The van der Waals surface area contributed by atoms with Crippen molar-refractivity contribution in [3.8, 4) is 0 Å². The molecule has 0 amide bonds. The highest BCUT2D eigenvalue weighted by molar-refractivity contribution is 6.31. The fourth-order valence-electron chi connectivity index (χ4n) is 2.48. The molecule has 1 aromatic carbocycles. The Morgan fingerprint density at radius 1 is 1.32 bits per heavy atom. The lowest BCUT2D eigenvalue weighted by Gasteiger charge is -2.10. The van der Waals surface area contributed by atoms with Crippen LogP contribution in [0.2, 0.25) is 5.02 Å². The number of nitrogens with zero attached hydrogens (tertiary/aromatic N) is 2. The van der Waals surface area contributed by atoms with Crippen molar-refractivity contribution in [1.29, 1.82) is 0 Å². The monoisotopic (exact) mass is 277 g/mol. The lowest BCUT2D eigenvalue weighted by Crippen LogP contribution is -2.11. The fraction of sp³-hybridized carbons (Fsp3) is 0.400. The molecule has 0 aliphatic carbocycles. The van der Waals surface area contributed by atoms with Crippen molar-refractivity contribution in [2.24, 2.45) is 5.73 Å². The standard InChI is InChI=1S/C15H20ClN3/c1-10(8-17)15-11(2)18-19(12(15)3)9-13-6-4-5-7-14(13)16/h4-7,10H,8-9,17H2,1-3H3. The van der Waals surface area contributed by atoms with Crippen molar-refractivity contribution >= 4 is 11.6 Å². The fourth-order valence-corrected chi connectivity index (χ4v) is 2.68. The minimum atomic E-state index is 0.333. The summed E-state index contributed by atoms with van der Waals surface area (Å²) >= 11 is 6.20. The summed E-state index contributed by atoms with van der Waals surface area (Å²) in [6.07, 6.45) is 0. The topological polar surface area (TPSA) is 43.8 Å². The normalized spacial score (nSPS) is 12.7. The van der Waals surface area contributed by atoms with E-state index in [0.29, 0.717) is 19.0 Å². The predicted molar refractivity (Wildman–Crippen MR) is 79.7 cm³/mol. The SMILES string of the molecule is Cc1nn(Cc2ccccc2Cl)c(C)c1C(C)CN. The number of nitrogens with two attached hydrogens (primary N) is 1. The number of halogens is 1. The van der Waals surface area contributed by atoms with Gasteiger partial charge in [-0.15, -0.1) is 0 Å². The molecule has 1 aromatic heterocycles. The quantitative estimate of drug-likeness (QED) is 0.932. The molecule has 4 heteroatoms. The largest absolute Gasteiger partial charge is 0.330 e. The molecule has 0 radical (unpaired) electrons. The maximum Gasteiger partial charge on any atom is 0.0677 e. The molecule has 2 N–H and O–H groups in total. The van der Waals surface area contributed by atoms with E-state index in [4.69, 9.17) is 17.3 Å². The number of hydrogen-bond acceptors (Lipinski definition) is 2. The van der Waals surface area contributed by atoms with Crippen molar-refractivity contribution in [2.45, 2.75) is 33.2 Å². The smallest absolute Gasteiger partial charge is 0.0677 e. The molecule has 0 fully saturated rings. The molecule has 2 rings (SSSR count). The highest BCUT2D eigenvalue weighted by Crippen LogP contribution is 2.24. The van der Waals surface area contributed by atoms with Crippen LogP contribution in [0.15, 0.2) is 24.3 Å². The summed E-state index contributed by atoms with van der Waals surface area (Å²) in [6, 6.07) is 7.88. The van der Waals surface area contributed by atoms with Gasteiger partial charge in [0.2, 0.25) is 0 Å². The van der Waals surface area contributed by atoms with Crippen molar-refractivity contribution in [2.75, 3.05) is 6.54 Å². The molecule has 0 aliphatic rings. The summed E-state index contributed by atoms with van der Waals surface area (Å²) in [5.74, 6) is 0.333. The molecule has 0 saturated heterocycles. The van der Waals surface area contributed by atoms with Crippen molar-refractivity contribution in [3.05, 3.63) is 51.8 Å². The lowest BCUT2D eigenvalue weighted by atomic mass is 9.99. The van der Waals surface area contributed by atoms with E-state index in [1.807, 2.05) is 35.9 Å². The third-order valence-electron chi connectivity index (χ3n) is 3.56. The van der Waals surface area contributed by atoms with E-state index >= 15 is 0 Å². The second kappa shape index (κ2) is 5.76. The number of aryl methyl sites for hydroxylation is 1. The minimum Gasteiger partial charge on any atom is -0.330 e. The first-order chi connectivity index (χ1) is 9.04. The Hall–Kier alpha value is -1.32. The summed E-state index contributed by atoms with van der Waals surface area (Å²) in [7, 11) is 0. The van der Waals surface area contributed by atoms with Crippen LogP contribution in [-0.4, -0.2) is 16.3 Å². The third kappa shape index (κ3) is 2.82. The average Bonchev–Trinajstić information content (AvgIpc) is 2.66. The van der Waals surface area contributed by atoms with Gasteiger partial charge in [0.05, 0.1) is 12.2 Å². The van der Waals surface area contributed by atoms with Crippen LogP contribution in [0.4, 0.5) is 0 Å². The van der Waals surface area contributed by atoms with E-state index in [-0.39, 0.29) is 0 Å². The van der Waals surface area contributed by atoms with Crippen LogP contribution < -0.4 is 5.73 Å². The van der Waals surface area contributed by atoms with Gasteiger partial charge in [-0.25, -0.2) is 0 Å². The maximum atomic E-state index is 6.20. The van der Waals surface area contributed by atoms with E-state index in [1.165, 1.54) is 11.3 Å². The summed E-state index contributed by atoms with van der Waals surface area (Å²) in [5, 5.41) is 5.40. The Labute approximate surface area is 119 Å². The van der Waals surface area contributed by atoms with E-state index in [9.17, 15) is 0 Å². The molecule has 19 heavy (non-hydrogen) atoms. The van der Waals surface area contributed by atoms with E-state index in [1.54, 1.807) is 0 Å². The first kappa shape index (κ1) is 14.1. The zero-order chi connectivity index (χ0) is 14.0. The van der Waals surface area contributed by atoms with Gasteiger partial charge in [-0.3, -0.25) is 4.68 Å². The van der Waals surface area contributed by atoms with Gasteiger partial charge in [-0.05, 0) is 37.9 Å². The summed E-state index contributed by atoms with van der Waals surface area (Å²) < 4.78 is 2.01. The molecule has 1 atom stereocenters. The molecule has 0 bridgehead atoms. The molecular formula is C15H20ClN3. The average molecular weight is 278 g/mol. The van der Waals surface area contributed by atoms with Gasteiger partial charge < -0.3 is 5.73 Å². The zero-order valence-electron chi connectivity index (χ0n) is 11.7. The first-order valence-corrected chi connectivity index (χ1v) is 6.89. The van der Waals surface area contributed by atoms with Crippen molar-refractivity contribution in [1.82, 2.24) is 9.78 Å². The molecular weight excluding hydrogens is 258 g/mol. The van der Waals surface area contributed by atoms with Crippen LogP contribution in [-0.2, 0) is 6.54 Å². The Morgan fingerprint density at radius 3 is 2.63 bits per heavy atom. The van der Waals surface area contributed by atoms with Crippen molar-refractivity contribution in [3.63, 3.8) is 0 Å². The van der Waals surface area contributed by atoms with Gasteiger partial charge in [-0.1, -0.05) is 36.7 Å². The van der Waals surface area contributed by atoms with Gasteiger partial charge in [-0.2, -0.15) is 5.10 Å². The van der Waals surface area contributed by atoms with Crippen LogP contribution in [0.25, 0.3) is 0 Å². The van der Waals surface area contributed by atoms with Crippen molar-refractivity contribution < 1.29 is 0 Å². The van der Waals surface area contributed by atoms with Crippen LogP contribution in [0.3, 0.4) is 0 Å². The summed E-state index contributed by atoms with van der Waals surface area (Å²) in [6.45, 7) is 7.61. The number of aromatic nitrogens is 2. The van der Waals surface area contributed by atoms with Gasteiger partial charge >= 0.3 is 0 Å². The van der Waals surface area contributed by atoms with E-state index in [2.05, 4.69) is 18.9 Å². The zero-order valence-corrected chi connectivity index (χ0v) is 12.4. The van der Waals surface area contributed by atoms with Gasteiger partial charge in [0.1, 0.15) is 0 Å². The van der Waals surface area contributed by atoms with Crippen LogP contribution in [0, 0.1) is 13.8 Å². The Bertz CT molecular complexity index is 575.